The minimum Gasteiger partial charge on any atom is -0.337 e. The van der Waals surface area contributed by atoms with Crippen molar-refractivity contribution in [1.29, 1.82) is 0 Å². The molecule has 5 heteroatoms. The second-order valence-electron chi connectivity index (χ2n) is 8.32. The number of piperidine rings is 1. The highest BCUT2D eigenvalue weighted by atomic mass is 19.1. The normalized spacial score (nSPS) is 17.3. The highest BCUT2D eigenvalue weighted by molar-refractivity contribution is 5.92. The standard InChI is InChI=1S/C23H32FN3O/c1-4-27-22(15-20(25-27)14-17(2)3)23(28)26-13-7-8-18(16-26)11-12-19-9-5-6-10-21(19)24/h5-6,9-10,15,17-18H,4,7-8,11-14,16H2,1-3H3. The zero-order chi connectivity index (χ0) is 20.1. The van der Waals surface area contributed by atoms with E-state index in [1.165, 1.54) is 6.07 Å². The van der Waals surface area contributed by atoms with Crippen molar-refractivity contribution in [2.75, 3.05) is 13.1 Å². The topological polar surface area (TPSA) is 38.1 Å². The van der Waals surface area contributed by atoms with Crippen LogP contribution >= 0.6 is 0 Å². The predicted molar refractivity (Wildman–Crippen MR) is 110 cm³/mol. The molecule has 1 saturated heterocycles. The first kappa shape index (κ1) is 20.6. The van der Waals surface area contributed by atoms with E-state index in [-0.39, 0.29) is 11.7 Å². The van der Waals surface area contributed by atoms with Gasteiger partial charge >= 0.3 is 0 Å². The van der Waals surface area contributed by atoms with Crippen LogP contribution in [0.15, 0.2) is 30.3 Å². The van der Waals surface area contributed by atoms with Gasteiger partial charge < -0.3 is 4.90 Å². The summed E-state index contributed by atoms with van der Waals surface area (Å²) in [6.07, 6.45) is 4.64. The summed E-state index contributed by atoms with van der Waals surface area (Å²) in [4.78, 5) is 15.1. The van der Waals surface area contributed by atoms with E-state index in [1.807, 2.05) is 34.7 Å². The summed E-state index contributed by atoms with van der Waals surface area (Å²) < 4.78 is 15.7. The lowest BCUT2D eigenvalue weighted by molar-refractivity contribution is 0.0655. The molecule has 2 aromatic rings. The van der Waals surface area contributed by atoms with Gasteiger partial charge in [0.1, 0.15) is 11.5 Å². The molecule has 152 valence electrons. The molecule has 2 heterocycles. The first-order chi connectivity index (χ1) is 13.5. The third kappa shape index (κ3) is 5.00. The van der Waals surface area contributed by atoms with Crippen molar-refractivity contribution in [2.24, 2.45) is 11.8 Å². The van der Waals surface area contributed by atoms with Crippen LogP contribution in [0.2, 0.25) is 0 Å². The zero-order valence-corrected chi connectivity index (χ0v) is 17.3. The van der Waals surface area contributed by atoms with Crippen molar-refractivity contribution in [3.05, 3.63) is 53.1 Å². The van der Waals surface area contributed by atoms with Gasteiger partial charge in [-0.05, 0) is 68.6 Å². The molecule has 1 fully saturated rings. The molecule has 1 aromatic carbocycles. The molecule has 1 atom stereocenters. The van der Waals surface area contributed by atoms with E-state index in [4.69, 9.17) is 0 Å². The largest absolute Gasteiger partial charge is 0.337 e. The van der Waals surface area contributed by atoms with E-state index >= 15 is 0 Å². The van der Waals surface area contributed by atoms with Crippen LogP contribution in [0, 0.1) is 17.7 Å². The molecule has 0 aliphatic carbocycles. The number of hydrogen-bond donors (Lipinski definition) is 0. The minimum atomic E-state index is -0.129. The molecule has 1 unspecified atom stereocenters. The van der Waals surface area contributed by atoms with Crippen LogP contribution in [0.25, 0.3) is 0 Å². The first-order valence-corrected chi connectivity index (χ1v) is 10.6. The molecule has 0 saturated carbocycles. The lowest BCUT2D eigenvalue weighted by Gasteiger charge is -2.33. The van der Waals surface area contributed by atoms with Crippen molar-refractivity contribution in [2.45, 2.75) is 59.4 Å². The number of carbonyl (C=O) groups excluding carboxylic acids is 1. The van der Waals surface area contributed by atoms with E-state index in [0.717, 1.165) is 56.5 Å². The summed E-state index contributed by atoms with van der Waals surface area (Å²) in [7, 11) is 0. The quantitative estimate of drug-likeness (QED) is 0.691. The average Bonchev–Trinajstić information content (AvgIpc) is 3.09. The summed E-state index contributed by atoms with van der Waals surface area (Å²) >= 11 is 0. The molecule has 4 nitrogen and oxygen atoms in total. The van der Waals surface area contributed by atoms with Crippen LogP contribution in [0.5, 0.6) is 0 Å². The van der Waals surface area contributed by atoms with Crippen LogP contribution in [0.3, 0.4) is 0 Å². The maximum absolute atomic E-state index is 13.9. The number of halogens is 1. The fourth-order valence-electron chi connectivity index (χ4n) is 4.11. The third-order valence-corrected chi connectivity index (χ3v) is 5.55. The smallest absolute Gasteiger partial charge is 0.272 e. The van der Waals surface area contributed by atoms with Gasteiger partial charge in [-0.2, -0.15) is 5.10 Å². The van der Waals surface area contributed by atoms with Gasteiger partial charge in [0.25, 0.3) is 5.91 Å². The molecule has 0 radical (unpaired) electrons. The Bertz CT molecular complexity index is 799. The number of benzene rings is 1. The molecule has 3 rings (SSSR count). The second kappa shape index (κ2) is 9.35. The number of likely N-dealkylation sites (tertiary alicyclic amines) is 1. The molecule has 1 aliphatic rings. The Labute approximate surface area is 167 Å². The Kier molecular flexibility index (Phi) is 6.87. The lowest BCUT2D eigenvalue weighted by Crippen LogP contribution is -2.40. The average molecular weight is 386 g/mol. The van der Waals surface area contributed by atoms with E-state index < -0.39 is 0 Å². The fraction of sp³-hybridized carbons (Fsp3) is 0.565. The van der Waals surface area contributed by atoms with Gasteiger partial charge in [0.15, 0.2) is 0 Å². The highest BCUT2D eigenvalue weighted by Crippen LogP contribution is 2.24. The van der Waals surface area contributed by atoms with E-state index in [1.54, 1.807) is 6.07 Å². The second-order valence-corrected chi connectivity index (χ2v) is 8.32. The molecular weight excluding hydrogens is 353 g/mol. The molecule has 0 N–H and O–H groups in total. The van der Waals surface area contributed by atoms with Crippen LogP contribution < -0.4 is 0 Å². The predicted octanol–water partition coefficient (Wildman–Crippen LogP) is 4.73. The van der Waals surface area contributed by atoms with Crippen LogP contribution in [-0.4, -0.2) is 33.7 Å². The van der Waals surface area contributed by atoms with Crippen molar-refractivity contribution in [1.82, 2.24) is 14.7 Å². The Morgan fingerprint density at radius 1 is 1.32 bits per heavy atom. The van der Waals surface area contributed by atoms with Crippen molar-refractivity contribution < 1.29 is 9.18 Å². The Hall–Kier alpha value is -2.17. The molecule has 1 aromatic heterocycles. The van der Waals surface area contributed by atoms with Crippen LogP contribution in [0.4, 0.5) is 4.39 Å². The molecule has 1 aliphatic heterocycles. The molecule has 0 bridgehead atoms. The van der Waals surface area contributed by atoms with E-state index in [0.29, 0.717) is 24.1 Å². The number of aryl methyl sites for hydroxylation is 2. The van der Waals surface area contributed by atoms with E-state index in [9.17, 15) is 9.18 Å². The number of carbonyl (C=O) groups is 1. The summed E-state index contributed by atoms with van der Waals surface area (Å²) in [5.41, 5.74) is 2.47. The van der Waals surface area contributed by atoms with Crippen molar-refractivity contribution in [3.8, 4) is 0 Å². The first-order valence-electron chi connectivity index (χ1n) is 10.6. The van der Waals surface area contributed by atoms with Crippen LogP contribution in [0.1, 0.15) is 61.8 Å². The molecular formula is C23H32FN3O. The maximum Gasteiger partial charge on any atom is 0.272 e. The summed E-state index contributed by atoms with van der Waals surface area (Å²) in [6.45, 7) is 8.60. The monoisotopic (exact) mass is 385 g/mol. The van der Waals surface area contributed by atoms with Crippen molar-refractivity contribution >= 4 is 5.91 Å². The summed E-state index contributed by atoms with van der Waals surface area (Å²) in [6, 6.07) is 8.96. The van der Waals surface area contributed by atoms with Gasteiger partial charge in [0.05, 0.1) is 5.69 Å². The number of nitrogens with zero attached hydrogens (tertiary/aromatic N) is 3. The van der Waals surface area contributed by atoms with Gasteiger partial charge in [0, 0.05) is 19.6 Å². The molecule has 0 spiro atoms. The third-order valence-electron chi connectivity index (χ3n) is 5.55. The van der Waals surface area contributed by atoms with Gasteiger partial charge in [0.2, 0.25) is 0 Å². The fourth-order valence-corrected chi connectivity index (χ4v) is 4.11. The number of rotatable bonds is 7. The highest BCUT2D eigenvalue weighted by Gasteiger charge is 2.27. The Morgan fingerprint density at radius 3 is 2.82 bits per heavy atom. The maximum atomic E-state index is 13.9. The molecule has 28 heavy (non-hydrogen) atoms. The Balaban J connectivity index is 1.64. The van der Waals surface area contributed by atoms with Gasteiger partial charge in [-0.15, -0.1) is 0 Å². The summed E-state index contributed by atoms with van der Waals surface area (Å²) in [5.74, 6) is 0.891. The van der Waals surface area contributed by atoms with Gasteiger partial charge in [-0.25, -0.2) is 4.39 Å². The van der Waals surface area contributed by atoms with Crippen LogP contribution in [-0.2, 0) is 19.4 Å². The Morgan fingerprint density at radius 2 is 2.11 bits per heavy atom. The number of hydrogen-bond acceptors (Lipinski definition) is 2. The molecule has 1 amide bonds. The summed E-state index contributed by atoms with van der Waals surface area (Å²) in [5, 5.41) is 4.62. The SMILES string of the molecule is CCn1nc(CC(C)C)cc1C(=O)N1CCCC(CCc2ccccc2F)C1. The zero-order valence-electron chi connectivity index (χ0n) is 17.3. The number of aromatic nitrogens is 2. The number of amides is 1. The van der Waals surface area contributed by atoms with E-state index in [2.05, 4.69) is 18.9 Å². The van der Waals surface area contributed by atoms with Gasteiger partial charge in [-0.1, -0.05) is 32.0 Å². The lowest BCUT2D eigenvalue weighted by atomic mass is 9.91. The van der Waals surface area contributed by atoms with Crippen molar-refractivity contribution in [3.63, 3.8) is 0 Å². The minimum absolute atomic E-state index is 0.0833. The van der Waals surface area contributed by atoms with Gasteiger partial charge in [-0.3, -0.25) is 9.48 Å².